The number of rotatable bonds is 9. The molecule has 1 aromatic heterocycles. The highest BCUT2D eigenvalue weighted by Crippen LogP contribution is 2.21. The van der Waals surface area contributed by atoms with Gasteiger partial charge in [0.05, 0.1) is 18.6 Å². The summed E-state index contributed by atoms with van der Waals surface area (Å²) in [6.07, 6.45) is 0.901. The van der Waals surface area contributed by atoms with Crippen molar-refractivity contribution in [2.24, 2.45) is 5.41 Å². The summed E-state index contributed by atoms with van der Waals surface area (Å²) in [4.78, 5) is 24.6. The molecule has 1 rings (SSSR count). The Morgan fingerprint density at radius 1 is 1.36 bits per heavy atom. The summed E-state index contributed by atoms with van der Waals surface area (Å²) in [5.74, 6) is -0.766. The second kappa shape index (κ2) is 9.43. The first-order valence-corrected chi connectivity index (χ1v) is 9.08. The standard InChI is InChI=1S/C14H20INO5S/c1-10(19)16-6-14(7-17,8-18)9-21-13(20)12-3-2-11(22-12)4-5-15/h2-3,17-18H,4-9H2,1H3,(H,16,19). The Bertz CT molecular complexity index is 501. The zero-order valence-electron chi connectivity index (χ0n) is 12.3. The number of hydrogen-bond donors (Lipinski definition) is 3. The Balaban J connectivity index is 2.62. The lowest BCUT2D eigenvalue weighted by atomic mass is 9.91. The van der Waals surface area contributed by atoms with E-state index in [2.05, 4.69) is 27.9 Å². The minimum atomic E-state index is -1.08. The predicted octanol–water partition coefficient (Wildman–Crippen LogP) is 0.990. The molecule has 0 spiro atoms. The summed E-state index contributed by atoms with van der Waals surface area (Å²) >= 11 is 3.64. The summed E-state index contributed by atoms with van der Waals surface area (Å²) in [5, 5.41) is 21.4. The third-order valence-corrected chi connectivity index (χ3v) is 4.76. The number of esters is 1. The Morgan fingerprint density at radius 3 is 2.59 bits per heavy atom. The highest BCUT2D eigenvalue weighted by Gasteiger charge is 2.31. The fourth-order valence-corrected chi connectivity index (χ4v) is 3.47. The van der Waals surface area contributed by atoms with Crippen LogP contribution in [-0.4, -0.2) is 52.9 Å². The molecule has 6 nitrogen and oxygen atoms in total. The van der Waals surface area contributed by atoms with E-state index >= 15 is 0 Å². The number of thiophene rings is 1. The summed E-state index contributed by atoms with van der Waals surface area (Å²) in [7, 11) is 0. The molecular weight excluding hydrogens is 421 g/mol. The maximum absolute atomic E-state index is 12.0. The Hall–Kier alpha value is -0.710. The van der Waals surface area contributed by atoms with Gasteiger partial charge in [-0.3, -0.25) is 4.79 Å². The van der Waals surface area contributed by atoms with Crippen molar-refractivity contribution in [3.05, 3.63) is 21.9 Å². The highest BCUT2D eigenvalue weighted by molar-refractivity contribution is 14.1. The van der Waals surface area contributed by atoms with E-state index in [0.29, 0.717) is 4.88 Å². The molecule has 0 aromatic carbocycles. The minimum absolute atomic E-state index is 0.0349. The summed E-state index contributed by atoms with van der Waals surface area (Å²) in [6, 6.07) is 3.60. The van der Waals surface area contributed by atoms with Crippen molar-refractivity contribution in [2.75, 3.05) is 30.8 Å². The smallest absolute Gasteiger partial charge is 0.348 e. The normalized spacial score (nSPS) is 11.3. The number of aliphatic hydroxyl groups excluding tert-OH is 2. The zero-order valence-corrected chi connectivity index (χ0v) is 15.3. The van der Waals surface area contributed by atoms with Crippen LogP contribution in [0.3, 0.4) is 0 Å². The topological polar surface area (TPSA) is 95.9 Å². The van der Waals surface area contributed by atoms with Crippen LogP contribution >= 0.6 is 33.9 Å². The van der Waals surface area contributed by atoms with Gasteiger partial charge in [-0.2, -0.15) is 0 Å². The van der Waals surface area contributed by atoms with Crippen LogP contribution in [0.15, 0.2) is 12.1 Å². The van der Waals surface area contributed by atoms with E-state index in [-0.39, 0.29) is 19.1 Å². The first-order chi connectivity index (χ1) is 10.5. The van der Waals surface area contributed by atoms with Crippen LogP contribution in [0, 0.1) is 5.41 Å². The van der Waals surface area contributed by atoms with Crippen LogP contribution in [0.1, 0.15) is 21.5 Å². The van der Waals surface area contributed by atoms with Gasteiger partial charge < -0.3 is 20.3 Å². The maximum atomic E-state index is 12.0. The first-order valence-electron chi connectivity index (χ1n) is 6.74. The van der Waals surface area contributed by atoms with E-state index in [4.69, 9.17) is 4.74 Å². The molecular formula is C14H20INO5S. The van der Waals surface area contributed by atoms with Crippen molar-refractivity contribution in [1.29, 1.82) is 0 Å². The monoisotopic (exact) mass is 441 g/mol. The number of aliphatic hydroxyl groups is 2. The molecule has 0 fully saturated rings. The second-order valence-corrected chi connectivity index (χ2v) is 7.25. The lowest BCUT2D eigenvalue weighted by Crippen LogP contribution is -2.45. The number of carbonyl (C=O) groups excluding carboxylic acids is 2. The van der Waals surface area contributed by atoms with E-state index < -0.39 is 24.6 Å². The Labute approximate surface area is 147 Å². The van der Waals surface area contributed by atoms with Crippen molar-refractivity contribution in [2.45, 2.75) is 13.3 Å². The number of hydrogen-bond acceptors (Lipinski definition) is 6. The average Bonchev–Trinajstić information content (AvgIpc) is 2.97. The summed E-state index contributed by atoms with van der Waals surface area (Å²) in [5.41, 5.74) is -1.08. The molecule has 1 amide bonds. The molecule has 0 atom stereocenters. The largest absolute Gasteiger partial charge is 0.461 e. The molecule has 8 heteroatoms. The van der Waals surface area contributed by atoms with Crippen molar-refractivity contribution < 1.29 is 24.5 Å². The number of halogens is 1. The van der Waals surface area contributed by atoms with E-state index in [0.717, 1.165) is 15.7 Å². The lowest BCUT2D eigenvalue weighted by Gasteiger charge is -2.29. The highest BCUT2D eigenvalue weighted by atomic mass is 127. The van der Waals surface area contributed by atoms with Crippen LogP contribution in [0.4, 0.5) is 0 Å². The molecule has 1 aromatic rings. The molecule has 1 heterocycles. The van der Waals surface area contributed by atoms with Gasteiger partial charge >= 0.3 is 5.97 Å². The van der Waals surface area contributed by atoms with Gasteiger partial charge in [-0.25, -0.2) is 4.79 Å². The minimum Gasteiger partial charge on any atom is -0.461 e. The molecule has 124 valence electrons. The van der Waals surface area contributed by atoms with Crippen LogP contribution in [0.2, 0.25) is 0 Å². The van der Waals surface area contributed by atoms with E-state index in [1.165, 1.54) is 18.3 Å². The van der Waals surface area contributed by atoms with Crippen molar-refractivity contribution in [3.63, 3.8) is 0 Å². The quantitative estimate of drug-likeness (QED) is 0.302. The van der Waals surface area contributed by atoms with Gasteiger partial charge in [-0.15, -0.1) is 11.3 Å². The van der Waals surface area contributed by atoms with Gasteiger partial charge in [0.1, 0.15) is 11.5 Å². The van der Waals surface area contributed by atoms with E-state index in [1.807, 2.05) is 6.07 Å². The number of ether oxygens (including phenoxy) is 1. The molecule has 0 aliphatic heterocycles. The lowest BCUT2D eigenvalue weighted by molar-refractivity contribution is -0.120. The van der Waals surface area contributed by atoms with Crippen molar-refractivity contribution in [1.82, 2.24) is 5.32 Å². The first kappa shape index (κ1) is 19.3. The molecule has 3 N–H and O–H groups in total. The molecule has 0 unspecified atom stereocenters. The number of aryl methyl sites for hydroxylation is 1. The average molecular weight is 441 g/mol. The number of nitrogens with one attached hydrogen (secondary N) is 1. The predicted molar refractivity (Wildman–Crippen MR) is 92.5 cm³/mol. The molecule has 0 saturated carbocycles. The number of carbonyl (C=O) groups is 2. The van der Waals surface area contributed by atoms with Gasteiger partial charge in [0.15, 0.2) is 0 Å². The number of alkyl halides is 1. The summed E-state index contributed by atoms with van der Waals surface area (Å²) < 4.78 is 6.17. The van der Waals surface area contributed by atoms with E-state index in [9.17, 15) is 19.8 Å². The maximum Gasteiger partial charge on any atom is 0.348 e. The van der Waals surface area contributed by atoms with Crippen LogP contribution in [0.25, 0.3) is 0 Å². The number of amides is 1. The van der Waals surface area contributed by atoms with Crippen molar-refractivity contribution >= 4 is 45.8 Å². The van der Waals surface area contributed by atoms with Gasteiger partial charge in [0.2, 0.25) is 5.91 Å². The van der Waals surface area contributed by atoms with Crippen LogP contribution < -0.4 is 5.32 Å². The Kier molecular flexibility index (Phi) is 8.29. The van der Waals surface area contributed by atoms with Crippen LogP contribution in [-0.2, 0) is 16.0 Å². The molecule has 0 bridgehead atoms. The van der Waals surface area contributed by atoms with Crippen LogP contribution in [0.5, 0.6) is 0 Å². The third-order valence-electron chi connectivity index (χ3n) is 3.10. The van der Waals surface area contributed by atoms with Gasteiger partial charge in [-0.05, 0) is 18.6 Å². The van der Waals surface area contributed by atoms with Gasteiger partial charge in [0.25, 0.3) is 0 Å². The fourth-order valence-electron chi connectivity index (χ4n) is 1.62. The molecule has 0 radical (unpaired) electrons. The SMILES string of the molecule is CC(=O)NCC(CO)(CO)COC(=O)c1ccc(CCI)s1. The van der Waals surface area contributed by atoms with E-state index in [1.54, 1.807) is 6.07 Å². The second-order valence-electron chi connectivity index (χ2n) is 5.01. The Morgan fingerprint density at radius 2 is 2.05 bits per heavy atom. The zero-order chi connectivity index (χ0) is 16.6. The fraction of sp³-hybridized carbons (Fsp3) is 0.571. The third kappa shape index (κ3) is 5.82. The molecule has 22 heavy (non-hydrogen) atoms. The van der Waals surface area contributed by atoms with Gasteiger partial charge in [-0.1, -0.05) is 22.6 Å². The van der Waals surface area contributed by atoms with Gasteiger partial charge in [0, 0.05) is 22.8 Å². The molecule has 0 saturated heterocycles. The van der Waals surface area contributed by atoms with Crippen molar-refractivity contribution in [3.8, 4) is 0 Å². The summed E-state index contributed by atoms with van der Waals surface area (Å²) in [6.45, 7) is 0.404. The molecule has 0 aliphatic carbocycles. The molecule has 0 aliphatic rings.